The lowest BCUT2D eigenvalue weighted by Crippen LogP contribution is -2.52. The molecule has 1 N–H and O–H groups in total. The minimum atomic E-state index is -0.808. The Kier molecular flexibility index (Phi) is 4.29. The van der Waals surface area contributed by atoms with Gasteiger partial charge in [0.2, 0.25) is 0 Å². The fourth-order valence-electron chi connectivity index (χ4n) is 3.26. The fraction of sp³-hybridized carbons (Fsp3) is 0.500. The van der Waals surface area contributed by atoms with Crippen molar-refractivity contribution in [2.24, 2.45) is 11.8 Å². The number of fused-ring (bicyclic) bond motifs is 1. The van der Waals surface area contributed by atoms with Gasteiger partial charge in [0.25, 0.3) is 0 Å². The molecule has 3 rings (SSSR count). The van der Waals surface area contributed by atoms with Crippen molar-refractivity contribution >= 4 is 12.1 Å². The lowest BCUT2D eigenvalue weighted by molar-refractivity contribution is -0.146. The van der Waals surface area contributed by atoms with E-state index in [4.69, 9.17) is 9.47 Å². The van der Waals surface area contributed by atoms with Crippen LogP contribution < -0.4 is 0 Å². The number of nitrogens with zero attached hydrogens (tertiary/aromatic N) is 1. The summed E-state index contributed by atoms with van der Waals surface area (Å²) >= 11 is 0. The van der Waals surface area contributed by atoms with Crippen molar-refractivity contribution in [1.82, 2.24) is 4.90 Å². The number of carboxylic acids is 1. The third-order valence-corrected chi connectivity index (χ3v) is 4.45. The highest BCUT2D eigenvalue weighted by atomic mass is 16.6. The second kappa shape index (κ2) is 6.36. The van der Waals surface area contributed by atoms with Gasteiger partial charge in [-0.25, -0.2) is 4.79 Å². The number of carbonyl (C=O) groups is 2. The highest BCUT2D eigenvalue weighted by Gasteiger charge is 2.46. The highest BCUT2D eigenvalue weighted by Crippen LogP contribution is 2.34. The van der Waals surface area contributed by atoms with Crippen LogP contribution in [-0.2, 0) is 20.9 Å². The molecule has 3 atom stereocenters. The Morgan fingerprint density at radius 1 is 1.27 bits per heavy atom. The van der Waals surface area contributed by atoms with Crippen LogP contribution >= 0.6 is 0 Å². The van der Waals surface area contributed by atoms with Gasteiger partial charge in [-0.1, -0.05) is 30.3 Å². The topological polar surface area (TPSA) is 76.1 Å². The number of piperidine rings is 1. The molecule has 118 valence electrons. The van der Waals surface area contributed by atoms with E-state index in [1.165, 1.54) is 0 Å². The zero-order chi connectivity index (χ0) is 15.5. The van der Waals surface area contributed by atoms with E-state index in [9.17, 15) is 14.7 Å². The lowest BCUT2D eigenvalue weighted by atomic mass is 9.82. The molecule has 2 aliphatic rings. The van der Waals surface area contributed by atoms with Crippen LogP contribution in [-0.4, -0.2) is 47.9 Å². The number of hydrogen-bond donors (Lipinski definition) is 1. The van der Waals surface area contributed by atoms with E-state index in [0.29, 0.717) is 26.2 Å². The molecule has 1 amide bonds. The van der Waals surface area contributed by atoms with Crippen LogP contribution in [0.25, 0.3) is 0 Å². The second-order valence-electron chi connectivity index (χ2n) is 5.74. The van der Waals surface area contributed by atoms with Crippen molar-refractivity contribution in [3.63, 3.8) is 0 Å². The van der Waals surface area contributed by atoms with E-state index in [0.717, 1.165) is 5.56 Å². The fourth-order valence-corrected chi connectivity index (χ4v) is 3.26. The van der Waals surface area contributed by atoms with Crippen molar-refractivity contribution in [1.29, 1.82) is 0 Å². The number of likely N-dealkylation sites (tertiary alicyclic amines) is 1. The van der Waals surface area contributed by atoms with E-state index in [-0.39, 0.29) is 18.6 Å². The number of ether oxygens (including phenoxy) is 2. The lowest BCUT2D eigenvalue weighted by Gasteiger charge is -2.38. The Bertz CT molecular complexity index is 547. The molecule has 2 heterocycles. The second-order valence-corrected chi connectivity index (χ2v) is 5.74. The first-order chi connectivity index (χ1) is 10.7. The molecular formula is C16H19NO5. The first-order valence-electron chi connectivity index (χ1n) is 7.44. The molecule has 0 radical (unpaired) electrons. The Morgan fingerprint density at radius 2 is 2.05 bits per heavy atom. The van der Waals surface area contributed by atoms with Crippen molar-refractivity contribution in [2.45, 2.75) is 19.1 Å². The number of hydrogen-bond acceptors (Lipinski definition) is 4. The number of carbonyl (C=O) groups excluding carboxylic acids is 1. The minimum Gasteiger partial charge on any atom is -0.481 e. The molecule has 0 aliphatic carbocycles. The number of amides is 1. The van der Waals surface area contributed by atoms with Crippen molar-refractivity contribution in [3.8, 4) is 0 Å². The predicted octanol–water partition coefficient (Wildman–Crippen LogP) is 1.74. The van der Waals surface area contributed by atoms with Gasteiger partial charge in [-0.05, 0) is 12.0 Å². The third-order valence-electron chi connectivity index (χ3n) is 4.45. The molecule has 0 aromatic heterocycles. The summed E-state index contributed by atoms with van der Waals surface area (Å²) in [5, 5.41) is 9.27. The molecule has 6 nitrogen and oxygen atoms in total. The van der Waals surface area contributed by atoms with E-state index in [2.05, 4.69) is 0 Å². The molecule has 1 aromatic carbocycles. The molecule has 0 saturated carbocycles. The molecule has 1 aromatic rings. The molecular weight excluding hydrogens is 286 g/mol. The molecule has 22 heavy (non-hydrogen) atoms. The van der Waals surface area contributed by atoms with Gasteiger partial charge in [0.15, 0.2) is 0 Å². The van der Waals surface area contributed by atoms with E-state index >= 15 is 0 Å². The molecule has 6 heteroatoms. The summed E-state index contributed by atoms with van der Waals surface area (Å²) in [6.07, 6.45) is 0.0495. The average Bonchev–Trinajstić information content (AvgIpc) is 3.02. The Hall–Kier alpha value is -2.08. The van der Waals surface area contributed by atoms with E-state index in [1.54, 1.807) is 4.90 Å². The number of carboxylic acid groups (broad SMARTS) is 1. The summed E-state index contributed by atoms with van der Waals surface area (Å²) in [4.78, 5) is 25.2. The summed E-state index contributed by atoms with van der Waals surface area (Å²) in [6, 6.07) is 9.28. The van der Waals surface area contributed by atoms with Gasteiger partial charge in [0.05, 0.1) is 25.2 Å². The maximum absolute atomic E-state index is 12.3. The summed E-state index contributed by atoms with van der Waals surface area (Å²) < 4.78 is 10.8. The molecule has 0 unspecified atom stereocenters. The van der Waals surface area contributed by atoms with Crippen LogP contribution in [0.1, 0.15) is 12.0 Å². The maximum Gasteiger partial charge on any atom is 0.410 e. The van der Waals surface area contributed by atoms with Gasteiger partial charge in [-0.15, -0.1) is 0 Å². The summed E-state index contributed by atoms with van der Waals surface area (Å²) in [7, 11) is 0. The number of aliphatic carboxylic acids is 1. The largest absolute Gasteiger partial charge is 0.481 e. The van der Waals surface area contributed by atoms with Crippen molar-refractivity contribution in [3.05, 3.63) is 35.9 Å². The van der Waals surface area contributed by atoms with Crippen LogP contribution in [0.3, 0.4) is 0 Å². The van der Waals surface area contributed by atoms with Crippen LogP contribution in [0, 0.1) is 11.8 Å². The number of rotatable bonds is 3. The van der Waals surface area contributed by atoms with Crippen LogP contribution in [0.15, 0.2) is 30.3 Å². The summed E-state index contributed by atoms with van der Waals surface area (Å²) in [5.74, 6) is -1.39. The van der Waals surface area contributed by atoms with E-state index < -0.39 is 18.0 Å². The van der Waals surface area contributed by atoms with Crippen LogP contribution in [0.4, 0.5) is 4.79 Å². The molecule has 2 aliphatic heterocycles. The van der Waals surface area contributed by atoms with Crippen molar-refractivity contribution in [2.75, 3.05) is 19.8 Å². The van der Waals surface area contributed by atoms with Gasteiger partial charge in [-0.3, -0.25) is 4.79 Å². The third kappa shape index (κ3) is 2.92. The van der Waals surface area contributed by atoms with E-state index in [1.807, 2.05) is 30.3 Å². The average molecular weight is 305 g/mol. The Morgan fingerprint density at radius 3 is 2.77 bits per heavy atom. The maximum atomic E-state index is 12.3. The number of benzene rings is 1. The Labute approximate surface area is 128 Å². The standard InChI is InChI=1S/C16H19NO5/c18-15(19)12-6-7-17(14-10-21-9-13(12)14)16(20)22-8-11-4-2-1-3-5-11/h1-5,12-14H,6-10H2,(H,18,19)/t12-,13+,14-/m0/s1. The van der Waals surface area contributed by atoms with Crippen molar-refractivity contribution < 1.29 is 24.2 Å². The SMILES string of the molecule is O=C(O)[C@H]1CCN(C(=O)OCc2ccccc2)[C@H]2COC[C@H]12. The van der Waals surface area contributed by atoms with Gasteiger partial charge < -0.3 is 19.5 Å². The smallest absolute Gasteiger partial charge is 0.410 e. The summed E-state index contributed by atoms with van der Waals surface area (Å²) in [6.45, 7) is 1.39. The quantitative estimate of drug-likeness (QED) is 0.920. The van der Waals surface area contributed by atoms with Crippen LogP contribution in [0.5, 0.6) is 0 Å². The molecule has 2 saturated heterocycles. The van der Waals surface area contributed by atoms with Gasteiger partial charge in [-0.2, -0.15) is 0 Å². The Balaban J connectivity index is 1.62. The van der Waals surface area contributed by atoms with Gasteiger partial charge in [0.1, 0.15) is 6.61 Å². The first kappa shape index (κ1) is 14.8. The zero-order valence-corrected chi connectivity index (χ0v) is 12.2. The first-order valence-corrected chi connectivity index (χ1v) is 7.44. The van der Waals surface area contributed by atoms with Gasteiger partial charge in [0, 0.05) is 12.5 Å². The molecule has 0 bridgehead atoms. The monoisotopic (exact) mass is 305 g/mol. The van der Waals surface area contributed by atoms with Gasteiger partial charge >= 0.3 is 12.1 Å². The molecule has 2 fully saturated rings. The predicted molar refractivity (Wildman–Crippen MR) is 77.2 cm³/mol. The minimum absolute atomic E-state index is 0.143. The normalized spacial score (nSPS) is 27.3. The highest BCUT2D eigenvalue weighted by molar-refractivity contribution is 5.73. The molecule has 0 spiro atoms. The zero-order valence-electron chi connectivity index (χ0n) is 12.2. The summed E-state index contributed by atoms with van der Waals surface area (Å²) in [5.41, 5.74) is 0.926. The van der Waals surface area contributed by atoms with Crippen LogP contribution in [0.2, 0.25) is 0 Å².